The van der Waals surface area contributed by atoms with Crippen LogP contribution < -0.4 is 14.2 Å². The lowest BCUT2D eigenvalue weighted by Gasteiger charge is -2.13. The van der Waals surface area contributed by atoms with Gasteiger partial charge in [0.2, 0.25) is 6.79 Å². The number of fused-ring (bicyclic) bond motifs is 1. The second kappa shape index (κ2) is 7.45. The molecule has 1 aliphatic rings. The minimum atomic E-state index is -0.993. The fourth-order valence-electron chi connectivity index (χ4n) is 2.44. The molecule has 0 amide bonds. The van der Waals surface area contributed by atoms with E-state index in [9.17, 15) is 4.79 Å². The number of ether oxygens (including phenoxy) is 3. The summed E-state index contributed by atoms with van der Waals surface area (Å²) >= 11 is 7.97. The largest absolute Gasteiger partial charge is 0.482 e. The van der Waals surface area contributed by atoms with Gasteiger partial charge >= 0.3 is 5.97 Å². The van der Waals surface area contributed by atoms with Crippen molar-refractivity contribution in [2.45, 2.75) is 24.5 Å². The number of carboxylic acids is 1. The van der Waals surface area contributed by atoms with Crippen molar-refractivity contribution in [1.82, 2.24) is 0 Å². The van der Waals surface area contributed by atoms with Gasteiger partial charge in [0.05, 0.1) is 0 Å². The highest BCUT2D eigenvalue weighted by Crippen LogP contribution is 2.39. The van der Waals surface area contributed by atoms with Gasteiger partial charge in [0.25, 0.3) is 0 Å². The second-order valence-electron chi connectivity index (χ2n) is 5.65. The van der Waals surface area contributed by atoms with Crippen molar-refractivity contribution < 1.29 is 24.1 Å². The number of aliphatic carboxylic acids is 1. The third kappa shape index (κ3) is 4.14. The van der Waals surface area contributed by atoms with Crippen LogP contribution in [0.2, 0.25) is 5.02 Å². The van der Waals surface area contributed by atoms with E-state index >= 15 is 0 Å². The quantitative estimate of drug-likeness (QED) is 0.747. The van der Waals surface area contributed by atoms with E-state index in [4.69, 9.17) is 30.9 Å². The topological polar surface area (TPSA) is 65.0 Å². The number of carbonyl (C=O) groups is 1. The molecule has 0 aromatic heterocycles. The Balaban J connectivity index is 1.73. The lowest BCUT2D eigenvalue weighted by atomic mass is 10.1. The SMILES string of the molecule is Cc1cc(SCc2cc3c(cc2Cl)OCO3)c(C)cc1OCC(=O)O. The molecule has 0 spiro atoms. The summed E-state index contributed by atoms with van der Waals surface area (Å²) in [6.07, 6.45) is 0. The summed E-state index contributed by atoms with van der Waals surface area (Å²) in [7, 11) is 0. The van der Waals surface area contributed by atoms with Crippen LogP contribution in [-0.4, -0.2) is 24.5 Å². The molecule has 0 saturated heterocycles. The van der Waals surface area contributed by atoms with Crippen molar-refractivity contribution >= 4 is 29.3 Å². The van der Waals surface area contributed by atoms with Gasteiger partial charge in [-0.15, -0.1) is 11.8 Å². The highest BCUT2D eigenvalue weighted by molar-refractivity contribution is 7.98. The molecule has 1 N–H and O–H groups in total. The molecule has 132 valence electrons. The molecule has 25 heavy (non-hydrogen) atoms. The summed E-state index contributed by atoms with van der Waals surface area (Å²) < 4.78 is 16.0. The smallest absolute Gasteiger partial charge is 0.341 e. The normalized spacial score (nSPS) is 12.3. The first-order valence-electron chi connectivity index (χ1n) is 7.60. The van der Waals surface area contributed by atoms with Crippen LogP contribution in [-0.2, 0) is 10.5 Å². The summed E-state index contributed by atoms with van der Waals surface area (Å²) in [5, 5.41) is 9.38. The summed E-state index contributed by atoms with van der Waals surface area (Å²) in [6, 6.07) is 7.55. The number of aryl methyl sites for hydroxylation is 2. The third-order valence-electron chi connectivity index (χ3n) is 3.75. The van der Waals surface area contributed by atoms with Crippen LogP contribution in [0.3, 0.4) is 0 Å². The molecule has 5 nitrogen and oxygen atoms in total. The number of rotatable bonds is 6. The van der Waals surface area contributed by atoms with Crippen molar-refractivity contribution in [2.24, 2.45) is 0 Å². The van der Waals surface area contributed by atoms with Crippen LogP contribution in [0, 0.1) is 13.8 Å². The minimum absolute atomic E-state index is 0.221. The average molecular weight is 381 g/mol. The maximum atomic E-state index is 10.6. The Labute approximate surface area is 154 Å². The number of hydrogen-bond donors (Lipinski definition) is 1. The first kappa shape index (κ1) is 17.8. The second-order valence-corrected chi connectivity index (χ2v) is 7.08. The molecule has 0 atom stereocenters. The Bertz CT molecular complexity index is 822. The van der Waals surface area contributed by atoms with Crippen molar-refractivity contribution in [3.63, 3.8) is 0 Å². The molecule has 1 aliphatic heterocycles. The highest BCUT2D eigenvalue weighted by atomic mass is 35.5. The number of halogens is 1. The number of thioether (sulfide) groups is 1. The van der Waals surface area contributed by atoms with Crippen molar-refractivity contribution in [2.75, 3.05) is 13.4 Å². The molecule has 0 bridgehead atoms. The lowest BCUT2D eigenvalue weighted by Crippen LogP contribution is -2.10. The van der Waals surface area contributed by atoms with Gasteiger partial charge in [0.1, 0.15) is 5.75 Å². The summed E-state index contributed by atoms with van der Waals surface area (Å²) in [5.41, 5.74) is 2.89. The van der Waals surface area contributed by atoms with E-state index in [2.05, 4.69) is 0 Å². The molecule has 0 saturated carbocycles. The van der Waals surface area contributed by atoms with Crippen LogP contribution in [0.5, 0.6) is 17.2 Å². The van der Waals surface area contributed by atoms with Gasteiger partial charge in [0.15, 0.2) is 18.1 Å². The molecule has 1 heterocycles. The maximum Gasteiger partial charge on any atom is 0.341 e. The number of benzene rings is 2. The molecule has 0 unspecified atom stereocenters. The molecular formula is C18H17ClO5S. The van der Waals surface area contributed by atoms with Crippen LogP contribution in [0.4, 0.5) is 0 Å². The van der Waals surface area contributed by atoms with Gasteiger partial charge < -0.3 is 19.3 Å². The molecule has 0 radical (unpaired) electrons. The van der Waals surface area contributed by atoms with Gasteiger partial charge in [-0.3, -0.25) is 0 Å². The molecule has 7 heteroatoms. The Morgan fingerprint density at radius 3 is 2.64 bits per heavy atom. The summed E-state index contributed by atoms with van der Waals surface area (Å²) in [5.74, 6) is 1.67. The van der Waals surface area contributed by atoms with E-state index < -0.39 is 5.97 Å². The zero-order chi connectivity index (χ0) is 18.0. The van der Waals surface area contributed by atoms with E-state index in [-0.39, 0.29) is 13.4 Å². The number of hydrogen-bond acceptors (Lipinski definition) is 5. The van der Waals surface area contributed by atoms with Gasteiger partial charge in [-0.05, 0) is 48.7 Å². The Morgan fingerprint density at radius 2 is 1.92 bits per heavy atom. The maximum absolute atomic E-state index is 10.6. The Kier molecular flexibility index (Phi) is 5.30. The molecule has 2 aromatic rings. The summed E-state index contributed by atoms with van der Waals surface area (Å²) in [6.45, 7) is 3.74. The fourth-order valence-corrected chi connectivity index (χ4v) is 3.84. The third-order valence-corrected chi connectivity index (χ3v) is 5.31. The zero-order valence-electron chi connectivity index (χ0n) is 13.8. The van der Waals surface area contributed by atoms with Crippen LogP contribution in [0.15, 0.2) is 29.2 Å². The van der Waals surface area contributed by atoms with Crippen molar-refractivity contribution in [1.29, 1.82) is 0 Å². The van der Waals surface area contributed by atoms with Crippen molar-refractivity contribution in [3.8, 4) is 17.2 Å². The van der Waals surface area contributed by atoms with E-state index in [1.165, 1.54) is 0 Å². The standard InChI is InChI=1S/C18H17ClO5S/c1-10-4-17(11(2)3-14(10)22-7-18(20)21)25-8-12-5-15-16(6-13(12)19)24-9-23-15/h3-6H,7-9H2,1-2H3,(H,20,21). The van der Waals surface area contributed by atoms with E-state index in [0.29, 0.717) is 28.0 Å². The highest BCUT2D eigenvalue weighted by Gasteiger charge is 2.17. The molecule has 0 aliphatic carbocycles. The van der Waals surface area contributed by atoms with E-state index in [0.717, 1.165) is 21.6 Å². The molecule has 2 aromatic carbocycles. The van der Waals surface area contributed by atoms with Gasteiger partial charge in [-0.1, -0.05) is 11.6 Å². The molecular weight excluding hydrogens is 364 g/mol. The van der Waals surface area contributed by atoms with Crippen LogP contribution >= 0.6 is 23.4 Å². The van der Waals surface area contributed by atoms with Crippen LogP contribution in [0.25, 0.3) is 0 Å². The van der Waals surface area contributed by atoms with Gasteiger partial charge in [-0.25, -0.2) is 4.79 Å². The Morgan fingerprint density at radius 1 is 1.20 bits per heavy atom. The fraction of sp³-hybridized carbons (Fsp3) is 0.278. The van der Waals surface area contributed by atoms with Crippen molar-refractivity contribution in [3.05, 3.63) is 46.0 Å². The minimum Gasteiger partial charge on any atom is -0.482 e. The average Bonchev–Trinajstić information content (AvgIpc) is 3.00. The lowest BCUT2D eigenvalue weighted by molar-refractivity contribution is -0.139. The first-order valence-corrected chi connectivity index (χ1v) is 8.97. The van der Waals surface area contributed by atoms with Gasteiger partial charge in [-0.2, -0.15) is 0 Å². The van der Waals surface area contributed by atoms with E-state index in [1.807, 2.05) is 32.0 Å². The van der Waals surface area contributed by atoms with Gasteiger partial charge in [0, 0.05) is 21.7 Å². The molecule has 0 fully saturated rings. The monoisotopic (exact) mass is 380 g/mol. The first-order chi connectivity index (χ1) is 11.9. The predicted octanol–water partition coefficient (Wildman–Crippen LogP) is 4.44. The van der Waals surface area contributed by atoms with E-state index in [1.54, 1.807) is 17.8 Å². The predicted molar refractivity (Wildman–Crippen MR) is 96.2 cm³/mol. The molecule has 3 rings (SSSR count). The van der Waals surface area contributed by atoms with Crippen LogP contribution in [0.1, 0.15) is 16.7 Å². The zero-order valence-corrected chi connectivity index (χ0v) is 15.4. The summed E-state index contributed by atoms with van der Waals surface area (Å²) in [4.78, 5) is 11.7. The Hall–Kier alpha value is -2.05. The number of carboxylic acid groups (broad SMARTS) is 1.